The fraction of sp³-hybridized carbons (Fsp3) is 0.857. The third-order valence-electron chi connectivity index (χ3n) is 3.35. The first kappa shape index (κ1) is 12.8. The first-order chi connectivity index (χ1) is 7.05. The molecule has 1 N–H and O–H groups in total. The molecule has 1 atom stereocenters. The van der Waals surface area contributed by atoms with E-state index >= 15 is 0 Å². The van der Waals surface area contributed by atoms with Crippen LogP contribution in [0.25, 0.3) is 0 Å². The molecule has 0 spiro atoms. The Morgan fingerprint density at radius 1 is 1.13 bits per heavy atom. The molecule has 88 valence electrons. The largest absolute Gasteiger partial charge is 0.313 e. The van der Waals surface area contributed by atoms with Gasteiger partial charge < -0.3 is 5.32 Å². The van der Waals surface area contributed by atoms with E-state index in [1.807, 2.05) is 0 Å². The molecule has 1 rings (SSSR count). The summed E-state index contributed by atoms with van der Waals surface area (Å²) in [7, 11) is 2.09. The SMILES string of the molecule is CNC(C1=CCCCCCC1)C(C)(C)C. The lowest BCUT2D eigenvalue weighted by molar-refractivity contribution is 0.307. The lowest BCUT2D eigenvalue weighted by atomic mass is 9.79. The van der Waals surface area contributed by atoms with Crippen LogP contribution in [0, 0.1) is 5.41 Å². The Hall–Kier alpha value is -0.300. The topological polar surface area (TPSA) is 12.0 Å². The van der Waals surface area contributed by atoms with Crippen LogP contribution < -0.4 is 5.32 Å². The maximum atomic E-state index is 3.49. The monoisotopic (exact) mass is 209 g/mol. The van der Waals surface area contributed by atoms with E-state index in [-0.39, 0.29) is 0 Å². The molecule has 1 aliphatic rings. The fourth-order valence-corrected chi connectivity index (χ4v) is 2.65. The van der Waals surface area contributed by atoms with Crippen molar-refractivity contribution in [1.29, 1.82) is 0 Å². The first-order valence-corrected chi connectivity index (χ1v) is 6.42. The molecule has 0 saturated carbocycles. The van der Waals surface area contributed by atoms with Crippen LogP contribution in [0.3, 0.4) is 0 Å². The van der Waals surface area contributed by atoms with Crippen molar-refractivity contribution < 1.29 is 0 Å². The fourth-order valence-electron chi connectivity index (χ4n) is 2.65. The highest BCUT2D eigenvalue weighted by molar-refractivity contribution is 5.14. The van der Waals surface area contributed by atoms with E-state index in [2.05, 4.69) is 39.2 Å². The highest BCUT2D eigenvalue weighted by atomic mass is 14.9. The van der Waals surface area contributed by atoms with Crippen LogP contribution in [-0.4, -0.2) is 13.1 Å². The maximum Gasteiger partial charge on any atom is 0.0325 e. The Kier molecular flexibility index (Phi) is 4.85. The average Bonchev–Trinajstić information content (AvgIpc) is 2.07. The van der Waals surface area contributed by atoms with Gasteiger partial charge in [0.25, 0.3) is 0 Å². The Bertz CT molecular complexity index is 210. The van der Waals surface area contributed by atoms with Gasteiger partial charge in [0, 0.05) is 6.04 Å². The van der Waals surface area contributed by atoms with Crippen molar-refractivity contribution in [2.24, 2.45) is 5.41 Å². The predicted molar refractivity (Wildman–Crippen MR) is 68.1 cm³/mol. The van der Waals surface area contributed by atoms with E-state index in [0.717, 1.165) is 0 Å². The molecule has 0 heterocycles. The molecule has 0 aromatic carbocycles. The van der Waals surface area contributed by atoms with Crippen LogP contribution in [-0.2, 0) is 0 Å². The lowest BCUT2D eigenvalue weighted by Gasteiger charge is -2.33. The van der Waals surface area contributed by atoms with Gasteiger partial charge in [-0.3, -0.25) is 0 Å². The maximum absolute atomic E-state index is 3.49. The van der Waals surface area contributed by atoms with Crippen LogP contribution in [0.5, 0.6) is 0 Å². The second-order valence-corrected chi connectivity index (χ2v) is 5.82. The van der Waals surface area contributed by atoms with E-state index < -0.39 is 0 Å². The summed E-state index contributed by atoms with van der Waals surface area (Å²) in [5.41, 5.74) is 1.98. The Labute approximate surface area is 95.3 Å². The molecule has 1 nitrogen and oxygen atoms in total. The van der Waals surface area contributed by atoms with Crippen molar-refractivity contribution in [3.05, 3.63) is 11.6 Å². The standard InChI is InChI=1S/C14H27N/c1-14(2,3)13(15-4)12-10-8-6-5-7-9-11-12/h10,13,15H,5-9,11H2,1-4H3. The zero-order valence-corrected chi connectivity index (χ0v) is 10.9. The number of hydrogen-bond donors (Lipinski definition) is 1. The van der Waals surface area contributed by atoms with E-state index in [1.165, 1.54) is 38.5 Å². The second-order valence-electron chi connectivity index (χ2n) is 5.82. The predicted octanol–water partition coefficient (Wildman–Crippen LogP) is 3.90. The van der Waals surface area contributed by atoms with Gasteiger partial charge in [-0.2, -0.15) is 0 Å². The molecule has 0 fully saturated rings. The van der Waals surface area contributed by atoms with Crippen molar-refractivity contribution >= 4 is 0 Å². The molecule has 0 radical (unpaired) electrons. The van der Waals surface area contributed by atoms with Gasteiger partial charge in [0.2, 0.25) is 0 Å². The molecule has 0 bridgehead atoms. The molecule has 1 unspecified atom stereocenters. The van der Waals surface area contributed by atoms with Gasteiger partial charge in [-0.05, 0) is 38.1 Å². The highest BCUT2D eigenvalue weighted by Gasteiger charge is 2.26. The molecule has 0 saturated heterocycles. The summed E-state index contributed by atoms with van der Waals surface area (Å²) < 4.78 is 0. The molecule has 1 heteroatoms. The van der Waals surface area contributed by atoms with Crippen molar-refractivity contribution in [3.63, 3.8) is 0 Å². The van der Waals surface area contributed by atoms with Gasteiger partial charge >= 0.3 is 0 Å². The Morgan fingerprint density at radius 3 is 2.40 bits per heavy atom. The van der Waals surface area contributed by atoms with Crippen molar-refractivity contribution in [3.8, 4) is 0 Å². The molecule has 0 aliphatic heterocycles. The van der Waals surface area contributed by atoms with Gasteiger partial charge in [0.05, 0.1) is 0 Å². The van der Waals surface area contributed by atoms with Gasteiger partial charge in [0.15, 0.2) is 0 Å². The molecular weight excluding hydrogens is 182 g/mol. The molecule has 0 aromatic rings. The highest BCUT2D eigenvalue weighted by Crippen LogP contribution is 2.29. The zero-order valence-electron chi connectivity index (χ0n) is 10.9. The first-order valence-electron chi connectivity index (χ1n) is 6.42. The second kappa shape index (κ2) is 5.69. The minimum atomic E-state index is 0.333. The van der Waals surface area contributed by atoms with Gasteiger partial charge in [-0.15, -0.1) is 0 Å². The van der Waals surface area contributed by atoms with Gasteiger partial charge in [-0.25, -0.2) is 0 Å². The molecule has 0 amide bonds. The van der Waals surface area contributed by atoms with Crippen molar-refractivity contribution in [2.45, 2.75) is 65.3 Å². The summed E-state index contributed by atoms with van der Waals surface area (Å²) in [5, 5.41) is 3.49. The Morgan fingerprint density at radius 2 is 1.80 bits per heavy atom. The number of rotatable bonds is 2. The molecular formula is C14H27N. The van der Waals surface area contributed by atoms with E-state index in [0.29, 0.717) is 11.5 Å². The number of hydrogen-bond acceptors (Lipinski definition) is 1. The van der Waals surface area contributed by atoms with E-state index in [1.54, 1.807) is 5.57 Å². The van der Waals surface area contributed by atoms with E-state index in [9.17, 15) is 0 Å². The summed E-state index contributed by atoms with van der Waals surface area (Å²) >= 11 is 0. The summed E-state index contributed by atoms with van der Waals surface area (Å²) in [5.74, 6) is 0. The van der Waals surface area contributed by atoms with Gasteiger partial charge in [0.1, 0.15) is 0 Å². The minimum absolute atomic E-state index is 0.333. The minimum Gasteiger partial charge on any atom is -0.313 e. The van der Waals surface area contributed by atoms with Crippen LogP contribution >= 0.6 is 0 Å². The zero-order chi connectivity index (χ0) is 11.3. The summed E-state index contributed by atoms with van der Waals surface area (Å²) in [4.78, 5) is 0. The van der Waals surface area contributed by atoms with Gasteiger partial charge in [-0.1, -0.05) is 45.3 Å². The summed E-state index contributed by atoms with van der Waals surface area (Å²) in [6, 6.07) is 0.551. The molecule has 1 aliphatic carbocycles. The summed E-state index contributed by atoms with van der Waals surface area (Å²) in [6.07, 6.45) is 10.7. The number of allylic oxidation sites excluding steroid dienone is 1. The van der Waals surface area contributed by atoms with Crippen LogP contribution in [0.4, 0.5) is 0 Å². The lowest BCUT2D eigenvalue weighted by Crippen LogP contribution is -2.39. The third-order valence-corrected chi connectivity index (χ3v) is 3.35. The number of likely N-dealkylation sites (N-methyl/N-ethyl adjacent to an activating group) is 1. The Balaban J connectivity index is 2.72. The van der Waals surface area contributed by atoms with Crippen LogP contribution in [0.1, 0.15) is 59.3 Å². The summed E-state index contributed by atoms with van der Waals surface area (Å²) in [6.45, 7) is 6.98. The third kappa shape index (κ3) is 3.98. The van der Waals surface area contributed by atoms with Crippen LogP contribution in [0.2, 0.25) is 0 Å². The molecule has 0 aromatic heterocycles. The van der Waals surface area contributed by atoms with Crippen molar-refractivity contribution in [2.75, 3.05) is 7.05 Å². The van der Waals surface area contributed by atoms with Crippen molar-refractivity contribution in [1.82, 2.24) is 5.32 Å². The average molecular weight is 209 g/mol. The van der Waals surface area contributed by atoms with Crippen LogP contribution in [0.15, 0.2) is 11.6 Å². The smallest absolute Gasteiger partial charge is 0.0325 e. The molecule has 15 heavy (non-hydrogen) atoms. The quantitative estimate of drug-likeness (QED) is 0.680. The normalized spacial score (nSPS) is 21.5. The number of nitrogens with one attached hydrogen (secondary N) is 1. The van der Waals surface area contributed by atoms with E-state index in [4.69, 9.17) is 0 Å².